The van der Waals surface area contributed by atoms with Crippen molar-refractivity contribution in [1.82, 2.24) is 9.13 Å². The maximum absolute atomic E-state index is 14.2. The molecule has 0 N–H and O–H groups in total. The number of hydrogen-bond acceptors (Lipinski definition) is 5. The van der Waals surface area contributed by atoms with E-state index < -0.39 is 12.0 Å². The van der Waals surface area contributed by atoms with E-state index in [-0.39, 0.29) is 23.6 Å². The lowest BCUT2D eigenvalue weighted by Crippen LogP contribution is -2.40. The van der Waals surface area contributed by atoms with Gasteiger partial charge in [-0.15, -0.1) is 0 Å². The fourth-order valence-corrected chi connectivity index (χ4v) is 6.58. The Hall–Kier alpha value is -4.53. The van der Waals surface area contributed by atoms with Crippen molar-refractivity contribution in [1.29, 1.82) is 0 Å². The number of hydrogen-bond donors (Lipinski definition) is 0. The molecule has 0 spiro atoms. The van der Waals surface area contributed by atoms with Gasteiger partial charge in [0.25, 0.3) is 5.56 Å². The summed E-state index contributed by atoms with van der Waals surface area (Å²) in [4.78, 5) is 33.1. The molecule has 1 unspecified atom stereocenters. The van der Waals surface area contributed by atoms with Crippen LogP contribution in [0, 0.1) is 19.7 Å². The molecule has 3 heterocycles. The van der Waals surface area contributed by atoms with Crippen molar-refractivity contribution < 1.29 is 13.9 Å². The van der Waals surface area contributed by atoms with Crippen molar-refractivity contribution in [3.05, 3.63) is 149 Å². The average molecular weight is 612 g/mol. The number of rotatable bonds is 6. The van der Waals surface area contributed by atoms with E-state index in [9.17, 15) is 14.0 Å². The number of carbonyl (C=O) groups excluding carboxylic acids is 1. The predicted octanol–water partition coefficient (Wildman–Crippen LogP) is 6.14. The molecular weight excluding hydrogens is 585 g/mol. The highest BCUT2D eigenvalue weighted by molar-refractivity contribution is 7.07. The molecule has 1 aliphatic heterocycles. The zero-order valence-electron chi connectivity index (χ0n) is 23.7. The minimum absolute atomic E-state index is 0.172. The number of nitrogens with zero attached hydrogens (tertiary/aromatic N) is 3. The molecule has 0 amide bonds. The number of ether oxygens (including phenoxy) is 1. The second-order valence-electron chi connectivity index (χ2n) is 10.1. The van der Waals surface area contributed by atoms with Gasteiger partial charge in [-0.3, -0.25) is 9.36 Å². The van der Waals surface area contributed by atoms with Crippen LogP contribution in [0.4, 0.5) is 4.39 Å². The highest BCUT2D eigenvalue weighted by Crippen LogP contribution is 2.35. The summed E-state index contributed by atoms with van der Waals surface area (Å²) in [5, 5.41) is 0.539. The molecule has 0 aliphatic carbocycles. The van der Waals surface area contributed by atoms with Crippen LogP contribution in [0.5, 0.6) is 0 Å². The molecule has 6 nitrogen and oxygen atoms in total. The number of benzene rings is 3. The minimum Gasteiger partial charge on any atom is -0.463 e. The van der Waals surface area contributed by atoms with Crippen LogP contribution >= 0.6 is 22.9 Å². The average Bonchev–Trinajstić information content (AvgIpc) is 3.47. The van der Waals surface area contributed by atoms with Crippen molar-refractivity contribution in [3.8, 4) is 5.69 Å². The third-order valence-electron chi connectivity index (χ3n) is 7.40. The second-order valence-corrected chi connectivity index (χ2v) is 11.6. The van der Waals surface area contributed by atoms with Gasteiger partial charge in [-0.05, 0) is 80.4 Å². The summed E-state index contributed by atoms with van der Waals surface area (Å²) >= 11 is 7.48. The maximum Gasteiger partial charge on any atom is 0.338 e. The monoisotopic (exact) mass is 611 g/mol. The van der Waals surface area contributed by atoms with Crippen LogP contribution in [0.15, 0.2) is 100 Å². The van der Waals surface area contributed by atoms with Crippen LogP contribution in [-0.2, 0) is 9.53 Å². The van der Waals surface area contributed by atoms with Crippen LogP contribution < -0.4 is 14.9 Å². The molecule has 2 aromatic heterocycles. The third-order valence-corrected chi connectivity index (χ3v) is 8.64. The van der Waals surface area contributed by atoms with E-state index in [0.29, 0.717) is 25.6 Å². The number of esters is 1. The Kier molecular flexibility index (Phi) is 7.73. The first-order valence-electron chi connectivity index (χ1n) is 13.8. The Labute approximate surface area is 256 Å². The molecule has 5 aromatic rings. The van der Waals surface area contributed by atoms with Gasteiger partial charge in [0.1, 0.15) is 5.82 Å². The lowest BCUT2D eigenvalue weighted by Gasteiger charge is -2.25. The summed E-state index contributed by atoms with van der Waals surface area (Å²) in [6.45, 7) is 5.84. The van der Waals surface area contributed by atoms with Crippen LogP contribution in [0.1, 0.15) is 41.0 Å². The number of thiazole rings is 1. The number of halogens is 2. The molecule has 216 valence electrons. The van der Waals surface area contributed by atoms with E-state index in [1.54, 1.807) is 35.8 Å². The topological polar surface area (TPSA) is 65.6 Å². The summed E-state index contributed by atoms with van der Waals surface area (Å²) in [5.41, 5.74) is 5.44. The molecule has 0 saturated carbocycles. The van der Waals surface area contributed by atoms with E-state index >= 15 is 0 Å². The first-order chi connectivity index (χ1) is 20.8. The number of aryl methyl sites for hydroxylation is 1. The SMILES string of the molecule is CCOC(=O)C1=C(c2ccccc2)N=c2s/c(=C/c3cc(C)n(-c4ccc(F)cc4)c3C)c(=O)n2C1c1ccc(Cl)cc1. The van der Waals surface area contributed by atoms with Gasteiger partial charge in [0.2, 0.25) is 0 Å². The van der Waals surface area contributed by atoms with E-state index in [4.69, 9.17) is 21.3 Å². The van der Waals surface area contributed by atoms with Crippen molar-refractivity contribution in [2.45, 2.75) is 26.8 Å². The zero-order chi connectivity index (χ0) is 30.2. The van der Waals surface area contributed by atoms with Gasteiger partial charge in [0.15, 0.2) is 4.80 Å². The van der Waals surface area contributed by atoms with Crippen molar-refractivity contribution in [2.75, 3.05) is 6.61 Å². The van der Waals surface area contributed by atoms with Crippen LogP contribution in [-0.4, -0.2) is 21.7 Å². The molecule has 0 saturated heterocycles. The minimum atomic E-state index is -0.781. The molecule has 43 heavy (non-hydrogen) atoms. The van der Waals surface area contributed by atoms with Gasteiger partial charge in [-0.1, -0.05) is 65.4 Å². The van der Waals surface area contributed by atoms with Gasteiger partial charge in [-0.25, -0.2) is 14.2 Å². The molecule has 6 rings (SSSR count). The van der Waals surface area contributed by atoms with Gasteiger partial charge in [0, 0.05) is 27.7 Å². The largest absolute Gasteiger partial charge is 0.463 e. The molecule has 9 heteroatoms. The smallest absolute Gasteiger partial charge is 0.338 e. The van der Waals surface area contributed by atoms with E-state index in [1.165, 1.54) is 23.5 Å². The lowest BCUT2D eigenvalue weighted by atomic mass is 9.93. The Balaban J connectivity index is 1.59. The molecule has 0 bridgehead atoms. The first kappa shape index (κ1) is 28.6. The van der Waals surface area contributed by atoms with Gasteiger partial charge < -0.3 is 9.30 Å². The lowest BCUT2D eigenvalue weighted by molar-refractivity contribution is -0.138. The standard InChI is InChI=1S/C34H27ClFN3O3S/c1-4-42-33(41)29-30(22-8-6-5-7-9-22)37-34-39(31(29)23-10-12-25(35)13-11-23)32(40)28(43-34)19-24-18-20(2)38(21(24)3)27-16-14-26(36)15-17-27/h5-19,31H,4H2,1-3H3/b28-19+. The Morgan fingerprint density at radius 1 is 1.05 bits per heavy atom. The molecular formula is C34H27ClFN3O3S. The van der Waals surface area contributed by atoms with E-state index in [1.807, 2.05) is 73.0 Å². The van der Waals surface area contributed by atoms with Crippen molar-refractivity contribution in [2.24, 2.45) is 4.99 Å². The second kappa shape index (κ2) is 11.6. The van der Waals surface area contributed by atoms with Gasteiger partial charge >= 0.3 is 5.97 Å². The van der Waals surface area contributed by atoms with Crippen molar-refractivity contribution >= 4 is 40.7 Å². The summed E-state index contributed by atoms with van der Waals surface area (Å²) in [6, 6.07) is 24.0. The summed E-state index contributed by atoms with van der Waals surface area (Å²) in [5.74, 6) is -0.845. The number of carbonyl (C=O) groups is 1. The van der Waals surface area contributed by atoms with E-state index in [2.05, 4.69) is 0 Å². The fourth-order valence-electron chi connectivity index (χ4n) is 5.46. The zero-order valence-corrected chi connectivity index (χ0v) is 25.2. The number of aromatic nitrogens is 2. The summed E-state index contributed by atoms with van der Waals surface area (Å²) in [6.07, 6.45) is 1.85. The Morgan fingerprint density at radius 3 is 2.42 bits per heavy atom. The highest BCUT2D eigenvalue weighted by Gasteiger charge is 2.35. The van der Waals surface area contributed by atoms with Crippen molar-refractivity contribution in [3.63, 3.8) is 0 Å². The quantitative estimate of drug-likeness (QED) is 0.217. The normalized spacial score (nSPS) is 14.9. The van der Waals surface area contributed by atoms with Crippen LogP contribution in [0.3, 0.4) is 0 Å². The third kappa shape index (κ3) is 5.28. The molecule has 0 fully saturated rings. The Morgan fingerprint density at radius 2 is 1.74 bits per heavy atom. The molecule has 3 aromatic carbocycles. The summed E-state index contributed by atoms with van der Waals surface area (Å²) < 4.78 is 23.2. The fraction of sp³-hybridized carbons (Fsp3) is 0.147. The first-order valence-corrected chi connectivity index (χ1v) is 14.9. The van der Waals surface area contributed by atoms with Gasteiger partial charge in [0.05, 0.1) is 28.5 Å². The van der Waals surface area contributed by atoms with Gasteiger partial charge in [-0.2, -0.15) is 0 Å². The molecule has 1 atom stereocenters. The molecule has 0 radical (unpaired) electrons. The summed E-state index contributed by atoms with van der Waals surface area (Å²) in [7, 11) is 0. The van der Waals surface area contributed by atoms with Crippen LogP contribution in [0.25, 0.3) is 17.5 Å². The van der Waals surface area contributed by atoms with E-state index in [0.717, 1.165) is 28.2 Å². The maximum atomic E-state index is 14.2. The molecule has 1 aliphatic rings. The Bertz CT molecular complexity index is 2060. The van der Waals surface area contributed by atoms with Crippen LogP contribution in [0.2, 0.25) is 5.02 Å². The predicted molar refractivity (Wildman–Crippen MR) is 168 cm³/mol. The highest BCUT2D eigenvalue weighted by atomic mass is 35.5. The number of fused-ring (bicyclic) bond motifs is 1.